The van der Waals surface area contributed by atoms with Gasteiger partial charge in [0, 0.05) is 11.3 Å². The topological polar surface area (TPSA) is 76.1 Å². The summed E-state index contributed by atoms with van der Waals surface area (Å²) in [5.41, 5.74) is 2.28. The van der Waals surface area contributed by atoms with Gasteiger partial charge in [0.25, 0.3) is 5.91 Å². The lowest BCUT2D eigenvalue weighted by Crippen LogP contribution is -2.45. The van der Waals surface area contributed by atoms with Crippen molar-refractivity contribution in [3.05, 3.63) is 88.7 Å². The smallest absolute Gasteiger partial charge is 0.313 e. The molecule has 6 rings (SSSR count). The van der Waals surface area contributed by atoms with Crippen molar-refractivity contribution in [1.29, 1.82) is 0 Å². The van der Waals surface area contributed by atoms with E-state index in [4.69, 9.17) is 9.47 Å². The molecule has 34 heavy (non-hydrogen) atoms. The normalized spacial score (nSPS) is 21.2. The van der Waals surface area contributed by atoms with Gasteiger partial charge < -0.3 is 14.6 Å². The average molecular weight is 459 g/mol. The van der Waals surface area contributed by atoms with Crippen molar-refractivity contribution in [2.24, 2.45) is 0 Å². The van der Waals surface area contributed by atoms with Crippen molar-refractivity contribution in [2.75, 3.05) is 18.1 Å². The van der Waals surface area contributed by atoms with E-state index in [0.29, 0.717) is 52.7 Å². The van der Waals surface area contributed by atoms with E-state index < -0.39 is 17.9 Å². The maximum absolute atomic E-state index is 15.0. The van der Waals surface area contributed by atoms with Crippen LogP contribution in [0, 0.1) is 5.82 Å². The first-order valence-electron chi connectivity index (χ1n) is 11.4. The summed E-state index contributed by atoms with van der Waals surface area (Å²) < 4.78 is 26.4. The number of rotatable bonds is 4. The molecule has 2 heterocycles. The molecular formula is C27H22FNO5. The van der Waals surface area contributed by atoms with Crippen LogP contribution in [0.5, 0.6) is 11.5 Å². The van der Waals surface area contributed by atoms with E-state index >= 15 is 4.39 Å². The largest absolute Gasteiger partial charge is 0.486 e. The van der Waals surface area contributed by atoms with Gasteiger partial charge in [-0.3, -0.25) is 14.5 Å². The highest BCUT2D eigenvalue weighted by atomic mass is 19.1. The quantitative estimate of drug-likeness (QED) is 0.591. The number of amides is 1. The molecule has 1 amide bonds. The molecule has 2 atom stereocenters. The second-order valence-electron chi connectivity index (χ2n) is 8.91. The van der Waals surface area contributed by atoms with Gasteiger partial charge >= 0.3 is 5.97 Å². The predicted octanol–water partition coefficient (Wildman–Crippen LogP) is 5.04. The van der Waals surface area contributed by atoms with Crippen molar-refractivity contribution in [1.82, 2.24) is 0 Å². The number of hydrogen-bond acceptors (Lipinski definition) is 4. The van der Waals surface area contributed by atoms with E-state index in [2.05, 4.69) is 0 Å². The number of carbonyl (C=O) groups is 2. The maximum Gasteiger partial charge on any atom is 0.313 e. The number of fused-ring (bicyclic) bond motifs is 2. The van der Waals surface area contributed by atoms with Crippen molar-refractivity contribution in [3.63, 3.8) is 0 Å². The second-order valence-corrected chi connectivity index (χ2v) is 8.91. The summed E-state index contributed by atoms with van der Waals surface area (Å²) in [4.78, 5) is 27.8. The first-order valence-corrected chi connectivity index (χ1v) is 11.4. The molecule has 0 spiro atoms. The Labute approximate surface area is 195 Å². The number of hydrogen-bond donors (Lipinski definition) is 1. The number of carboxylic acid groups (broad SMARTS) is 1. The van der Waals surface area contributed by atoms with Crippen LogP contribution in [-0.4, -0.2) is 30.2 Å². The monoisotopic (exact) mass is 459 g/mol. The number of carbonyl (C=O) groups excluding carboxylic acids is 1. The van der Waals surface area contributed by atoms with Gasteiger partial charge in [0.15, 0.2) is 11.5 Å². The lowest BCUT2D eigenvalue weighted by molar-refractivity contribution is -0.139. The molecule has 1 aliphatic carbocycles. The number of nitrogens with zero attached hydrogens (tertiary/aromatic N) is 1. The lowest BCUT2D eigenvalue weighted by atomic mass is 9.79. The second kappa shape index (κ2) is 7.87. The molecular weight excluding hydrogens is 437 g/mol. The summed E-state index contributed by atoms with van der Waals surface area (Å²) in [6.07, 6.45) is 1.90. The summed E-state index contributed by atoms with van der Waals surface area (Å²) >= 11 is 0. The Morgan fingerprint density at radius 2 is 1.71 bits per heavy atom. The molecule has 3 aromatic rings. The first-order chi connectivity index (χ1) is 16.5. The average Bonchev–Trinajstić information content (AvgIpc) is 3.68. The fraction of sp³-hybridized carbons (Fsp3) is 0.259. The highest BCUT2D eigenvalue weighted by Crippen LogP contribution is 2.48. The zero-order chi connectivity index (χ0) is 23.4. The van der Waals surface area contributed by atoms with Crippen LogP contribution in [0.4, 0.5) is 10.1 Å². The minimum atomic E-state index is -1.07. The van der Waals surface area contributed by atoms with Crippen LogP contribution in [0.1, 0.15) is 57.8 Å². The van der Waals surface area contributed by atoms with E-state index in [1.807, 2.05) is 0 Å². The molecule has 1 fully saturated rings. The molecule has 0 radical (unpaired) electrons. The summed E-state index contributed by atoms with van der Waals surface area (Å²) in [6, 6.07) is 15.8. The summed E-state index contributed by atoms with van der Waals surface area (Å²) in [6.45, 7) is 0.806. The molecule has 0 saturated heterocycles. The van der Waals surface area contributed by atoms with Gasteiger partial charge in [-0.2, -0.15) is 0 Å². The zero-order valence-corrected chi connectivity index (χ0v) is 18.2. The molecule has 6 nitrogen and oxygen atoms in total. The molecule has 1 saturated carbocycles. The first kappa shape index (κ1) is 20.7. The van der Waals surface area contributed by atoms with Gasteiger partial charge in [0.1, 0.15) is 24.9 Å². The third kappa shape index (κ3) is 3.31. The van der Waals surface area contributed by atoms with Gasteiger partial charge in [0.05, 0.1) is 6.04 Å². The number of anilines is 1. The summed E-state index contributed by atoms with van der Waals surface area (Å²) in [5.74, 6) is -1.59. The Balaban J connectivity index is 1.54. The number of ether oxygens (including phenoxy) is 2. The number of aliphatic carboxylic acids is 1. The Bertz CT molecular complexity index is 1320. The molecule has 3 aromatic carbocycles. The lowest BCUT2D eigenvalue weighted by Gasteiger charge is -2.41. The fourth-order valence-electron chi connectivity index (χ4n) is 5.06. The number of halogens is 1. The van der Waals surface area contributed by atoms with Gasteiger partial charge in [-0.05, 0) is 65.8 Å². The molecule has 1 N–H and O–H groups in total. The number of carboxylic acids is 1. The Kier molecular flexibility index (Phi) is 4.79. The van der Waals surface area contributed by atoms with Crippen LogP contribution < -0.4 is 14.4 Å². The van der Waals surface area contributed by atoms with Crippen LogP contribution >= 0.6 is 0 Å². The van der Waals surface area contributed by atoms with Gasteiger partial charge in [-0.1, -0.05) is 30.3 Å². The number of benzene rings is 3. The minimum Gasteiger partial charge on any atom is -0.486 e. The predicted molar refractivity (Wildman–Crippen MR) is 122 cm³/mol. The zero-order valence-electron chi connectivity index (χ0n) is 18.2. The van der Waals surface area contributed by atoms with E-state index in [1.165, 1.54) is 11.0 Å². The SMILES string of the molecule is O=C(O)C1c2ccccc2C(=O)N(c2ccc(C3CC3)c(F)c2)C1c1ccc2c(c1)OCCO2. The molecule has 7 heteroatoms. The van der Waals surface area contributed by atoms with Crippen LogP contribution in [-0.2, 0) is 4.79 Å². The van der Waals surface area contributed by atoms with E-state index in [-0.39, 0.29) is 17.6 Å². The fourth-order valence-corrected chi connectivity index (χ4v) is 5.06. The van der Waals surface area contributed by atoms with Gasteiger partial charge in [0.2, 0.25) is 0 Å². The van der Waals surface area contributed by atoms with Crippen molar-refractivity contribution in [3.8, 4) is 11.5 Å². The molecule has 2 unspecified atom stereocenters. The molecule has 0 bridgehead atoms. The van der Waals surface area contributed by atoms with Crippen LogP contribution in [0.15, 0.2) is 60.7 Å². The highest BCUT2D eigenvalue weighted by molar-refractivity contribution is 6.11. The van der Waals surface area contributed by atoms with E-state index in [9.17, 15) is 14.7 Å². The third-order valence-corrected chi connectivity index (χ3v) is 6.79. The van der Waals surface area contributed by atoms with E-state index in [0.717, 1.165) is 12.8 Å². The maximum atomic E-state index is 15.0. The van der Waals surface area contributed by atoms with Crippen molar-refractivity contribution >= 4 is 17.6 Å². The molecule has 2 aliphatic heterocycles. The molecule has 0 aromatic heterocycles. The van der Waals surface area contributed by atoms with Crippen molar-refractivity contribution < 1.29 is 28.6 Å². The van der Waals surface area contributed by atoms with E-state index in [1.54, 1.807) is 54.6 Å². The van der Waals surface area contributed by atoms with Crippen LogP contribution in [0.3, 0.4) is 0 Å². The Morgan fingerprint density at radius 3 is 2.44 bits per heavy atom. The summed E-state index contributed by atoms with van der Waals surface area (Å²) in [7, 11) is 0. The van der Waals surface area contributed by atoms with Crippen molar-refractivity contribution in [2.45, 2.75) is 30.7 Å². The minimum absolute atomic E-state index is 0.215. The van der Waals surface area contributed by atoms with Gasteiger partial charge in [-0.25, -0.2) is 4.39 Å². The third-order valence-electron chi connectivity index (χ3n) is 6.79. The van der Waals surface area contributed by atoms with Crippen LogP contribution in [0.25, 0.3) is 0 Å². The van der Waals surface area contributed by atoms with Gasteiger partial charge in [-0.15, -0.1) is 0 Å². The molecule has 172 valence electrons. The molecule has 3 aliphatic rings. The summed E-state index contributed by atoms with van der Waals surface area (Å²) in [5, 5.41) is 10.3. The Hall–Kier alpha value is -3.87. The Morgan fingerprint density at radius 1 is 0.941 bits per heavy atom. The standard InChI is InChI=1S/C27H22FNO5/c28-21-14-17(8-9-18(21)15-5-6-15)29-25(16-7-10-22-23(13-16)34-12-11-33-22)24(27(31)32)19-3-1-2-4-20(19)26(29)30/h1-4,7-10,13-15,24-25H,5-6,11-12H2,(H,31,32). The van der Waals surface area contributed by atoms with Crippen LogP contribution in [0.2, 0.25) is 0 Å². The highest BCUT2D eigenvalue weighted by Gasteiger charge is 2.45.